The summed E-state index contributed by atoms with van der Waals surface area (Å²) in [5.74, 6) is 3.02. The summed E-state index contributed by atoms with van der Waals surface area (Å²) in [6.45, 7) is 8.48. The first-order valence-corrected chi connectivity index (χ1v) is 7.75. The molecule has 1 saturated carbocycles. The van der Waals surface area contributed by atoms with Gasteiger partial charge in [-0.1, -0.05) is 27.2 Å². The molecular formula is C18H26O2. The van der Waals surface area contributed by atoms with E-state index in [0.717, 1.165) is 23.7 Å². The standard InChI is InChI=1S/C18H26O2/c1-12(2)17-10-5-13(3)11-18(17)20-16-8-6-15(7-9-16)14(4)19/h6-9,12-13,17-18H,5,10-11H2,1-4H3. The van der Waals surface area contributed by atoms with Gasteiger partial charge in [-0.25, -0.2) is 0 Å². The average molecular weight is 274 g/mol. The topological polar surface area (TPSA) is 26.3 Å². The number of hydrogen-bond donors (Lipinski definition) is 0. The average Bonchev–Trinajstić information content (AvgIpc) is 2.39. The predicted octanol–water partition coefficient (Wildman–Crippen LogP) is 4.73. The summed E-state index contributed by atoms with van der Waals surface area (Å²) in [6.07, 6.45) is 4.01. The molecular weight excluding hydrogens is 248 g/mol. The second-order valence-electron chi connectivity index (χ2n) is 6.56. The van der Waals surface area contributed by atoms with E-state index in [1.807, 2.05) is 24.3 Å². The van der Waals surface area contributed by atoms with Crippen LogP contribution in [0.3, 0.4) is 0 Å². The molecule has 0 heterocycles. The van der Waals surface area contributed by atoms with Crippen molar-refractivity contribution in [2.45, 2.75) is 53.1 Å². The lowest BCUT2D eigenvalue weighted by Gasteiger charge is -2.37. The molecule has 1 aliphatic rings. The molecule has 0 amide bonds. The Balaban J connectivity index is 2.07. The van der Waals surface area contributed by atoms with Crippen LogP contribution < -0.4 is 4.74 Å². The van der Waals surface area contributed by atoms with Crippen LogP contribution in [0.2, 0.25) is 0 Å². The second kappa shape index (κ2) is 6.43. The third-order valence-electron chi connectivity index (χ3n) is 4.51. The summed E-state index contributed by atoms with van der Waals surface area (Å²) in [5.41, 5.74) is 0.745. The molecule has 1 aliphatic carbocycles. The van der Waals surface area contributed by atoms with Crippen LogP contribution in [-0.2, 0) is 0 Å². The number of hydrogen-bond acceptors (Lipinski definition) is 2. The maximum absolute atomic E-state index is 11.3. The van der Waals surface area contributed by atoms with Gasteiger partial charge in [0.1, 0.15) is 11.9 Å². The summed E-state index contributed by atoms with van der Waals surface area (Å²) in [5, 5.41) is 0. The van der Waals surface area contributed by atoms with E-state index in [2.05, 4.69) is 20.8 Å². The van der Waals surface area contributed by atoms with Gasteiger partial charge in [-0.3, -0.25) is 4.79 Å². The highest BCUT2D eigenvalue weighted by atomic mass is 16.5. The van der Waals surface area contributed by atoms with Crippen molar-refractivity contribution in [1.29, 1.82) is 0 Å². The minimum atomic E-state index is 0.0999. The van der Waals surface area contributed by atoms with Crippen LogP contribution >= 0.6 is 0 Å². The fourth-order valence-corrected chi connectivity index (χ4v) is 3.19. The van der Waals surface area contributed by atoms with Crippen molar-refractivity contribution in [3.8, 4) is 5.75 Å². The third-order valence-corrected chi connectivity index (χ3v) is 4.51. The van der Waals surface area contributed by atoms with E-state index in [0.29, 0.717) is 17.9 Å². The lowest BCUT2D eigenvalue weighted by atomic mass is 9.75. The Hall–Kier alpha value is -1.31. The van der Waals surface area contributed by atoms with Gasteiger partial charge in [0, 0.05) is 5.56 Å². The zero-order valence-electron chi connectivity index (χ0n) is 13.1. The molecule has 0 radical (unpaired) electrons. The van der Waals surface area contributed by atoms with Gasteiger partial charge in [-0.15, -0.1) is 0 Å². The van der Waals surface area contributed by atoms with Gasteiger partial charge in [0.05, 0.1) is 0 Å². The molecule has 1 aromatic rings. The number of benzene rings is 1. The second-order valence-corrected chi connectivity index (χ2v) is 6.56. The van der Waals surface area contributed by atoms with Crippen LogP contribution in [0.15, 0.2) is 24.3 Å². The van der Waals surface area contributed by atoms with Gasteiger partial charge in [0.2, 0.25) is 0 Å². The van der Waals surface area contributed by atoms with E-state index in [1.54, 1.807) is 6.92 Å². The Morgan fingerprint density at radius 2 is 1.85 bits per heavy atom. The Morgan fingerprint density at radius 1 is 1.20 bits per heavy atom. The molecule has 0 aliphatic heterocycles. The van der Waals surface area contributed by atoms with Crippen molar-refractivity contribution in [2.75, 3.05) is 0 Å². The summed E-state index contributed by atoms with van der Waals surface area (Å²) in [6, 6.07) is 7.56. The van der Waals surface area contributed by atoms with Gasteiger partial charge in [-0.05, 0) is 61.8 Å². The van der Waals surface area contributed by atoms with E-state index in [9.17, 15) is 4.79 Å². The zero-order chi connectivity index (χ0) is 14.7. The van der Waals surface area contributed by atoms with Crippen molar-refractivity contribution in [2.24, 2.45) is 17.8 Å². The normalized spacial score (nSPS) is 26.6. The van der Waals surface area contributed by atoms with Gasteiger partial charge in [0.25, 0.3) is 0 Å². The van der Waals surface area contributed by atoms with Crippen molar-refractivity contribution in [3.63, 3.8) is 0 Å². The molecule has 0 spiro atoms. The molecule has 0 saturated heterocycles. The number of ketones is 1. The Kier molecular flexibility index (Phi) is 4.85. The summed E-state index contributed by atoms with van der Waals surface area (Å²) in [7, 11) is 0. The lowest BCUT2D eigenvalue weighted by Crippen LogP contribution is -2.36. The molecule has 3 unspecified atom stereocenters. The zero-order valence-corrected chi connectivity index (χ0v) is 13.1. The maximum Gasteiger partial charge on any atom is 0.159 e. The fourth-order valence-electron chi connectivity index (χ4n) is 3.19. The molecule has 3 atom stereocenters. The maximum atomic E-state index is 11.3. The van der Waals surface area contributed by atoms with E-state index >= 15 is 0 Å². The van der Waals surface area contributed by atoms with Crippen LogP contribution in [0.4, 0.5) is 0 Å². The van der Waals surface area contributed by atoms with Crippen LogP contribution in [0, 0.1) is 17.8 Å². The third kappa shape index (κ3) is 3.62. The number of carbonyl (C=O) groups excluding carboxylic acids is 1. The SMILES string of the molecule is CC(=O)c1ccc(OC2CC(C)CCC2C(C)C)cc1. The molecule has 1 aromatic carbocycles. The minimum absolute atomic E-state index is 0.0999. The summed E-state index contributed by atoms with van der Waals surface area (Å²) in [4.78, 5) is 11.3. The molecule has 0 N–H and O–H groups in total. The van der Waals surface area contributed by atoms with Crippen LogP contribution in [0.5, 0.6) is 5.75 Å². The van der Waals surface area contributed by atoms with Crippen LogP contribution in [0.1, 0.15) is 57.3 Å². The number of Topliss-reactive ketones (excluding diaryl/α,β-unsaturated/α-hetero) is 1. The first-order valence-electron chi connectivity index (χ1n) is 7.75. The Labute approximate surface area is 122 Å². The highest BCUT2D eigenvalue weighted by Gasteiger charge is 2.32. The molecule has 110 valence electrons. The highest BCUT2D eigenvalue weighted by Crippen LogP contribution is 2.35. The largest absolute Gasteiger partial charge is 0.490 e. The minimum Gasteiger partial charge on any atom is -0.490 e. The molecule has 2 rings (SSSR count). The highest BCUT2D eigenvalue weighted by molar-refractivity contribution is 5.94. The van der Waals surface area contributed by atoms with Gasteiger partial charge < -0.3 is 4.74 Å². The molecule has 2 nitrogen and oxygen atoms in total. The molecule has 1 fully saturated rings. The van der Waals surface area contributed by atoms with Crippen molar-refractivity contribution >= 4 is 5.78 Å². The van der Waals surface area contributed by atoms with Crippen molar-refractivity contribution in [3.05, 3.63) is 29.8 Å². The molecule has 0 aromatic heterocycles. The van der Waals surface area contributed by atoms with Crippen molar-refractivity contribution in [1.82, 2.24) is 0 Å². The fraction of sp³-hybridized carbons (Fsp3) is 0.611. The van der Waals surface area contributed by atoms with Crippen LogP contribution in [-0.4, -0.2) is 11.9 Å². The quantitative estimate of drug-likeness (QED) is 0.742. The Morgan fingerprint density at radius 3 is 2.40 bits per heavy atom. The lowest BCUT2D eigenvalue weighted by molar-refractivity contribution is 0.0460. The molecule has 2 heteroatoms. The van der Waals surface area contributed by atoms with Gasteiger partial charge in [-0.2, -0.15) is 0 Å². The Bertz CT molecular complexity index is 447. The van der Waals surface area contributed by atoms with Crippen LogP contribution in [0.25, 0.3) is 0 Å². The summed E-state index contributed by atoms with van der Waals surface area (Å²) >= 11 is 0. The first kappa shape index (κ1) is 15.1. The van der Waals surface area contributed by atoms with Gasteiger partial charge in [0.15, 0.2) is 5.78 Å². The van der Waals surface area contributed by atoms with E-state index < -0.39 is 0 Å². The van der Waals surface area contributed by atoms with Gasteiger partial charge >= 0.3 is 0 Å². The number of carbonyl (C=O) groups is 1. The first-order chi connectivity index (χ1) is 9.47. The number of ether oxygens (including phenoxy) is 1. The smallest absolute Gasteiger partial charge is 0.159 e. The molecule has 20 heavy (non-hydrogen) atoms. The van der Waals surface area contributed by atoms with Crippen molar-refractivity contribution < 1.29 is 9.53 Å². The van der Waals surface area contributed by atoms with E-state index in [4.69, 9.17) is 4.74 Å². The summed E-state index contributed by atoms with van der Waals surface area (Å²) < 4.78 is 6.22. The monoisotopic (exact) mass is 274 g/mol. The number of rotatable bonds is 4. The predicted molar refractivity (Wildman–Crippen MR) is 82.2 cm³/mol. The van der Waals surface area contributed by atoms with E-state index in [1.165, 1.54) is 12.8 Å². The molecule has 0 bridgehead atoms. The van der Waals surface area contributed by atoms with E-state index in [-0.39, 0.29) is 5.78 Å².